The summed E-state index contributed by atoms with van der Waals surface area (Å²) in [6, 6.07) is 4.59. The minimum absolute atomic E-state index is 0.0246. The lowest BCUT2D eigenvalue weighted by atomic mass is 10.2. The van der Waals surface area contributed by atoms with E-state index in [1.54, 1.807) is 12.1 Å². The Kier molecular flexibility index (Phi) is 3.14. The fourth-order valence-electron chi connectivity index (χ4n) is 0.795. The lowest BCUT2D eigenvalue weighted by Crippen LogP contribution is -1.89. The molecule has 0 radical (unpaired) electrons. The van der Waals surface area contributed by atoms with Crippen LogP contribution < -0.4 is 0 Å². The molecule has 62 valence electrons. The van der Waals surface area contributed by atoms with Crippen LogP contribution in [0.3, 0.4) is 0 Å². The number of halogens is 2. The Balaban J connectivity index is 3.03. The van der Waals surface area contributed by atoms with Gasteiger partial charge < -0.3 is 0 Å². The van der Waals surface area contributed by atoms with Crippen LogP contribution in [-0.4, -0.2) is 6.08 Å². The summed E-state index contributed by atoms with van der Waals surface area (Å²) in [6.45, 7) is 0.0246. The molecule has 12 heavy (non-hydrogen) atoms. The Morgan fingerprint density at radius 1 is 1.58 bits per heavy atom. The van der Waals surface area contributed by atoms with Gasteiger partial charge in [-0.25, -0.2) is 14.2 Å². The van der Waals surface area contributed by atoms with E-state index in [0.29, 0.717) is 10.0 Å². The molecule has 0 spiro atoms. The molecule has 0 aliphatic heterocycles. The van der Waals surface area contributed by atoms with E-state index in [4.69, 9.17) is 0 Å². The number of nitrogens with zero attached hydrogens (tertiary/aromatic N) is 1. The summed E-state index contributed by atoms with van der Waals surface area (Å²) in [7, 11) is 0. The van der Waals surface area contributed by atoms with Crippen molar-refractivity contribution in [3.8, 4) is 0 Å². The normalized spacial score (nSPS) is 9.17. The van der Waals surface area contributed by atoms with Crippen LogP contribution in [0.25, 0.3) is 0 Å². The Morgan fingerprint density at radius 2 is 2.33 bits per heavy atom. The van der Waals surface area contributed by atoms with Crippen molar-refractivity contribution >= 4 is 22.0 Å². The zero-order valence-electron chi connectivity index (χ0n) is 6.05. The standard InChI is InChI=1S/C8H5BrFNO/c9-7-2-1-3-8(10)6(7)4-11-5-12/h1-3H,4H2. The van der Waals surface area contributed by atoms with Crippen LogP contribution in [0, 0.1) is 5.82 Å². The lowest BCUT2D eigenvalue weighted by Gasteiger charge is -1.99. The molecule has 0 amide bonds. The largest absolute Gasteiger partial charge is 0.235 e. The van der Waals surface area contributed by atoms with Crippen LogP contribution in [0.1, 0.15) is 5.56 Å². The quantitative estimate of drug-likeness (QED) is 0.566. The van der Waals surface area contributed by atoms with Crippen LogP contribution in [0.5, 0.6) is 0 Å². The molecule has 0 atom stereocenters. The highest BCUT2D eigenvalue weighted by atomic mass is 79.9. The van der Waals surface area contributed by atoms with E-state index in [1.165, 1.54) is 12.1 Å². The van der Waals surface area contributed by atoms with Crippen molar-refractivity contribution in [1.82, 2.24) is 0 Å². The monoisotopic (exact) mass is 229 g/mol. The molecule has 0 unspecified atom stereocenters. The molecule has 2 nitrogen and oxygen atoms in total. The SMILES string of the molecule is O=C=NCc1c(F)cccc1Br. The van der Waals surface area contributed by atoms with Crippen LogP contribution >= 0.6 is 15.9 Å². The summed E-state index contributed by atoms with van der Waals surface area (Å²) in [5, 5.41) is 0. The number of carbonyl (C=O) groups excluding carboxylic acids is 1. The maximum atomic E-state index is 13.0. The van der Waals surface area contributed by atoms with Gasteiger partial charge in [-0.1, -0.05) is 22.0 Å². The van der Waals surface area contributed by atoms with Gasteiger partial charge in [0.05, 0.1) is 6.54 Å². The van der Waals surface area contributed by atoms with Crippen molar-refractivity contribution < 1.29 is 9.18 Å². The van der Waals surface area contributed by atoms with E-state index in [9.17, 15) is 9.18 Å². The number of rotatable bonds is 2. The zero-order valence-corrected chi connectivity index (χ0v) is 7.64. The number of aliphatic imine (C=N–C) groups is 1. The first kappa shape index (κ1) is 9.10. The molecule has 0 aliphatic rings. The van der Waals surface area contributed by atoms with Crippen LogP contribution in [0.4, 0.5) is 4.39 Å². The second-order valence-electron chi connectivity index (χ2n) is 2.11. The van der Waals surface area contributed by atoms with E-state index < -0.39 is 0 Å². The molecule has 1 rings (SSSR count). The predicted octanol–water partition coefficient (Wildman–Crippen LogP) is 2.42. The number of hydrogen-bond acceptors (Lipinski definition) is 2. The van der Waals surface area contributed by atoms with Gasteiger partial charge in [0.1, 0.15) is 5.82 Å². The first-order chi connectivity index (χ1) is 5.75. The minimum Gasteiger partial charge on any atom is -0.211 e. The number of hydrogen-bond donors (Lipinski definition) is 0. The molecule has 4 heteroatoms. The van der Waals surface area contributed by atoms with E-state index >= 15 is 0 Å². The third-order valence-corrected chi connectivity index (χ3v) is 2.11. The third-order valence-electron chi connectivity index (χ3n) is 1.36. The Labute approximate surface area is 77.3 Å². The Morgan fingerprint density at radius 3 is 2.92 bits per heavy atom. The third kappa shape index (κ3) is 2.00. The number of benzene rings is 1. The van der Waals surface area contributed by atoms with Gasteiger partial charge in [0.15, 0.2) is 0 Å². The summed E-state index contributed by atoms with van der Waals surface area (Å²) in [6.07, 6.45) is 1.36. The molecule has 0 bridgehead atoms. The summed E-state index contributed by atoms with van der Waals surface area (Å²) < 4.78 is 13.6. The first-order valence-corrected chi connectivity index (χ1v) is 4.01. The smallest absolute Gasteiger partial charge is 0.211 e. The van der Waals surface area contributed by atoms with Crippen molar-refractivity contribution in [2.75, 3.05) is 0 Å². The second kappa shape index (κ2) is 4.14. The highest BCUT2D eigenvalue weighted by Crippen LogP contribution is 2.19. The van der Waals surface area contributed by atoms with Gasteiger partial charge >= 0.3 is 0 Å². The summed E-state index contributed by atoms with van der Waals surface area (Å²) in [5.74, 6) is -0.372. The average Bonchev–Trinajstić information content (AvgIpc) is 2.04. The molecule has 1 aromatic rings. The molecule has 0 saturated heterocycles. The molecular formula is C8H5BrFNO. The van der Waals surface area contributed by atoms with Gasteiger partial charge in [-0.15, -0.1) is 0 Å². The highest BCUT2D eigenvalue weighted by Gasteiger charge is 2.04. The van der Waals surface area contributed by atoms with Crippen LogP contribution in [0.15, 0.2) is 27.7 Å². The summed E-state index contributed by atoms with van der Waals surface area (Å²) in [5.41, 5.74) is 0.376. The molecule has 0 aromatic heterocycles. The van der Waals surface area contributed by atoms with Gasteiger partial charge in [0.25, 0.3) is 0 Å². The fourth-order valence-corrected chi connectivity index (χ4v) is 1.26. The van der Waals surface area contributed by atoms with Crippen molar-refractivity contribution in [1.29, 1.82) is 0 Å². The molecule has 0 fully saturated rings. The average molecular weight is 230 g/mol. The molecule has 0 heterocycles. The minimum atomic E-state index is -0.372. The van der Waals surface area contributed by atoms with Gasteiger partial charge in [0.2, 0.25) is 6.08 Å². The molecule has 0 N–H and O–H groups in total. The highest BCUT2D eigenvalue weighted by molar-refractivity contribution is 9.10. The van der Waals surface area contributed by atoms with Crippen LogP contribution in [-0.2, 0) is 11.3 Å². The van der Waals surface area contributed by atoms with Crippen molar-refractivity contribution in [2.45, 2.75) is 6.54 Å². The van der Waals surface area contributed by atoms with Crippen molar-refractivity contribution in [2.24, 2.45) is 4.99 Å². The summed E-state index contributed by atoms with van der Waals surface area (Å²) in [4.78, 5) is 13.1. The van der Waals surface area contributed by atoms with Crippen molar-refractivity contribution in [3.63, 3.8) is 0 Å². The van der Waals surface area contributed by atoms with Gasteiger partial charge in [-0.2, -0.15) is 0 Å². The maximum Gasteiger partial charge on any atom is 0.235 e. The van der Waals surface area contributed by atoms with E-state index in [1.807, 2.05) is 0 Å². The van der Waals surface area contributed by atoms with Crippen LogP contribution in [0.2, 0.25) is 0 Å². The predicted molar refractivity (Wildman–Crippen MR) is 45.9 cm³/mol. The first-order valence-electron chi connectivity index (χ1n) is 3.22. The summed E-state index contributed by atoms with van der Waals surface area (Å²) >= 11 is 3.15. The fraction of sp³-hybridized carbons (Fsp3) is 0.125. The van der Waals surface area contributed by atoms with Gasteiger partial charge in [-0.3, -0.25) is 0 Å². The maximum absolute atomic E-state index is 13.0. The van der Waals surface area contributed by atoms with Crippen molar-refractivity contribution in [3.05, 3.63) is 34.1 Å². The molecule has 0 aliphatic carbocycles. The molecule has 0 saturated carbocycles. The zero-order chi connectivity index (χ0) is 8.97. The molecular weight excluding hydrogens is 225 g/mol. The van der Waals surface area contributed by atoms with E-state index in [0.717, 1.165) is 0 Å². The van der Waals surface area contributed by atoms with E-state index in [2.05, 4.69) is 20.9 Å². The lowest BCUT2D eigenvalue weighted by molar-refractivity contribution is 0.561. The Hall–Kier alpha value is -0.990. The molecule has 1 aromatic carbocycles. The van der Waals surface area contributed by atoms with Gasteiger partial charge in [0, 0.05) is 10.0 Å². The second-order valence-corrected chi connectivity index (χ2v) is 2.96. The Bertz CT molecular complexity index is 314. The van der Waals surface area contributed by atoms with E-state index in [-0.39, 0.29) is 12.4 Å². The van der Waals surface area contributed by atoms with Gasteiger partial charge in [-0.05, 0) is 12.1 Å². The number of isocyanates is 1. The topological polar surface area (TPSA) is 29.4 Å².